The second-order valence-corrected chi connectivity index (χ2v) is 4.08. The number of nitrogens with zero attached hydrogens (tertiary/aromatic N) is 1. The molecule has 0 bridgehead atoms. The van der Waals surface area contributed by atoms with Crippen LogP contribution in [0.5, 0.6) is 0 Å². The van der Waals surface area contributed by atoms with Crippen LogP contribution in [-0.4, -0.2) is 42.1 Å². The summed E-state index contributed by atoms with van der Waals surface area (Å²) < 4.78 is 5.42. The van der Waals surface area contributed by atoms with Gasteiger partial charge in [0.2, 0.25) is 5.91 Å². The molecule has 4 nitrogen and oxygen atoms in total. The SMILES string of the molecule is CN(CC1CCCO1)C(=O)CC(N)=S. The Hall–Kier alpha value is -0.680. The van der Waals surface area contributed by atoms with Crippen LogP contribution in [0.15, 0.2) is 0 Å². The van der Waals surface area contributed by atoms with E-state index in [1.807, 2.05) is 0 Å². The number of carbonyl (C=O) groups is 1. The van der Waals surface area contributed by atoms with Gasteiger partial charge in [0.25, 0.3) is 0 Å². The second kappa shape index (κ2) is 5.26. The van der Waals surface area contributed by atoms with Gasteiger partial charge in [-0.1, -0.05) is 12.2 Å². The lowest BCUT2D eigenvalue weighted by molar-refractivity contribution is -0.129. The van der Waals surface area contributed by atoms with Crippen LogP contribution in [-0.2, 0) is 9.53 Å². The molecule has 1 atom stereocenters. The molecule has 1 amide bonds. The van der Waals surface area contributed by atoms with Crippen molar-refractivity contribution in [2.24, 2.45) is 5.73 Å². The van der Waals surface area contributed by atoms with Gasteiger partial charge in [-0.3, -0.25) is 4.79 Å². The second-order valence-electron chi connectivity index (χ2n) is 3.55. The van der Waals surface area contributed by atoms with E-state index in [2.05, 4.69) is 12.2 Å². The highest BCUT2D eigenvalue weighted by Crippen LogP contribution is 2.12. The molecule has 0 radical (unpaired) electrons. The summed E-state index contributed by atoms with van der Waals surface area (Å²) in [7, 11) is 1.75. The smallest absolute Gasteiger partial charge is 0.229 e. The average molecular weight is 216 g/mol. The zero-order chi connectivity index (χ0) is 10.6. The van der Waals surface area contributed by atoms with Gasteiger partial charge in [-0.2, -0.15) is 0 Å². The highest BCUT2D eigenvalue weighted by Gasteiger charge is 2.19. The number of ether oxygens (including phenoxy) is 1. The number of thiocarbonyl (C=S) groups is 1. The predicted octanol–water partition coefficient (Wildman–Crippen LogP) is 0.300. The molecule has 1 fully saturated rings. The van der Waals surface area contributed by atoms with Crippen molar-refractivity contribution in [1.82, 2.24) is 4.90 Å². The number of rotatable bonds is 4. The molecule has 1 saturated heterocycles. The standard InChI is InChI=1S/C9H16N2O2S/c1-11(9(12)5-8(10)14)6-7-3-2-4-13-7/h7H,2-6H2,1H3,(H2,10,14). The third kappa shape index (κ3) is 3.59. The van der Waals surface area contributed by atoms with E-state index in [1.54, 1.807) is 11.9 Å². The van der Waals surface area contributed by atoms with Gasteiger partial charge in [0, 0.05) is 20.2 Å². The molecule has 1 unspecified atom stereocenters. The Morgan fingerprint density at radius 1 is 1.71 bits per heavy atom. The molecule has 14 heavy (non-hydrogen) atoms. The Morgan fingerprint density at radius 2 is 2.43 bits per heavy atom. The van der Waals surface area contributed by atoms with E-state index in [9.17, 15) is 4.79 Å². The molecule has 0 aromatic carbocycles. The Balaban J connectivity index is 2.29. The first-order valence-corrected chi connectivity index (χ1v) is 5.14. The summed E-state index contributed by atoms with van der Waals surface area (Å²) in [6.45, 7) is 1.45. The van der Waals surface area contributed by atoms with E-state index < -0.39 is 0 Å². The van der Waals surface area contributed by atoms with Gasteiger partial charge in [-0.15, -0.1) is 0 Å². The van der Waals surface area contributed by atoms with Crippen LogP contribution in [0.1, 0.15) is 19.3 Å². The van der Waals surface area contributed by atoms with E-state index in [0.717, 1.165) is 19.4 Å². The molecular formula is C9H16N2O2S. The first-order valence-electron chi connectivity index (χ1n) is 4.73. The topological polar surface area (TPSA) is 55.6 Å². The van der Waals surface area contributed by atoms with Crippen molar-refractivity contribution >= 4 is 23.1 Å². The van der Waals surface area contributed by atoms with E-state index in [4.69, 9.17) is 10.5 Å². The number of hydrogen-bond acceptors (Lipinski definition) is 3. The van der Waals surface area contributed by atoms with Crippen LogP contribution >= 0.6 is 12.2 Å². The lowest BCUT2D eigenvalue weighted by Crippen LogP contribution is -2.35. The van der Waals surface area contributed by atoms with Gasteiger partial charge in [-0.25, -0.2) is 0 Å². The molecule has 0 saturated carbocycles. The van der Waals surface area contributed by atoms with Gasteiger partial charge < -0.3 is 15.4 Å². The number of carbonyl (C=O) groups excluding carboxylic acids is 1. The minimum Gasteiger partial charge on any atom is -0.393 e. The van der Waals surface area contributed by atoms with Crippen LogP contribution in [0.2, 0.25) is 0 Å². The number of nitrogens with two attached hydrogens (primary N) is 1. The van der Waals surface area contributed by atoms with E-state index >= 15 is 0 Å². The summed E-state index contributed by atoms with van der Waals surface area (Å²) in [5.41, 5.74) is 5.29. The summed E-state index contributed by atoms with van der Waals surface area (Å²) in [5.74, 6) is -0.0343. The fourth-order valence-corrected chi connectivity index (χ4v) is 1.60. The van der Waals surface area contributed by atoms with Gasteiger partial charge in [0.05, 0.1) is 17.5 Å². The molecule has 0 aromatic rings. The van der Waals surface area contributed by atoms with Crippen LogP contribution < -0.4 is 5.73 Å². The largest absolute Gasteiger partial charge is 0.393 e. The normalized spacial score (nSPS) is 20.8. The predicted molar refractivity (Wildman–Crippen MR) is 58.0 cm³/mol. The molecule has 5 heteroatoms. The Labute approximate surface area is 89.4 Å². The average Bonchev–Trinajstić information content (AvgIpc) is 2.55. The van der Waals surface area contributed by atoms with Crippen LogP contribution in [0, 0.1) is 0 Å². The van der Waals surface area contributed by atoms with Crippen molar-refractivity contribution in [3.05, 3.63) is 0 Å². The minimum absolute atomic E-state index is 0.0343. The van der Waals surface area contributed by atoms with Crippen LogP contribution in [0.25, 0.3) is 0 Å². The van der Waals surface area contributed by atoms with Crippen molar-refractivity contribution in [2.45, 2.75) is 25.4 Å². The van der Waals surface area contributed by atoms with Gasteiger partial charge in [0.15, 0.2) is 0 Å². The molecule has 0 aliphatic carbocycles. The van der Waals surface area contributed by atoms with Gasteiger partial charge in [0.1, 0.15) is 0 Å². The minimum atomic E-state index is -0.0343. The van der Waals surface area contributed by atoms with Crippen molar-refractivity contribution in [1.29, 1.82) is 0 Å². The van der Waals surface area contributed by atoms with Crippen molar-refractivity contribution in [3.8, 4) is 0 Å². The quantitative estimate of drug-likeness (QED) is 0.687. The maximum atomic E-state index is 11.4. The van der Waals surface area contributed by atoms with Crippen LogP contribution in [0.4, 0.5) is 0 Å². The highest BCUT2D eigenvalue weighted by molar-refractivity contribution is 7.80. The van der Waals surface area contributed by atoms with Crippen molar-refractivity contribution in [3.63, 3.8) is 0 Å². The summed E-state index contributed by atoms with van der Waals surface area (Å²) in [6.07, 6.45) is 2.46. The van der Waals surface area contributed by atoms with Gasteiger partial charge >= 0.3 is 0 Å². The monoisotopic (exact) mass is 216 g/mol. The molecule has 0 aromatic heterocycles. The third-order valence-electron chi connectivity index (χ3n) is 2.25. The molecule has 1 rings (SSSR count). The summed E-state index contributed by atoms with van der Waals surface area (Å²) in [5, 5.41) is 0. The molecule has 0 spiro atoms. The molecule has 1 heterocycles. The summed E-state index contributed by atoms with van der Waals surface area (Å²) in [4.78, 5) is 13.3. The lowest BCUT2D eigenvalue weighted by atomic mass is 10.2. The third-order valence-corrected chi connectivity index (χ3v) is 2.40. The maximum Gasteiger partial charge on any atom is 0.229 e. The summed E-state index contributed by atoms with van der Waals surface area (Å²) in [6, 6.07) is 0. The number of hydrogen-bond donors (Lipinski definition) is 1. The van der Waals surface area contributed by atoms with E-state index in [1.165, 1.54) is 0 Å². The van der Waals surface area contributed by atoms with Gasteiger partial charge in [-0.05, 0) is 12.8 Å². The Bertz CT molecular complexity index is 227. The Morgan fingerprint density at radius 3 is 2.93 bits per heavy atom. The molecule has 2 N–H and O–H groups in total. The number of amides is 1. The molecule has 80 valence electrons. The first kappa shape index (κ1) is 11.4. The molecular weight excluding hydrogens is 200 g/mol. The van der Waals surface area contributed by atoms with Crippen molar-refractivity contribution in [2.75, 3.05) is 20.2 Å². The van der Waals surface area contributed by atoms with E-state index in [0.29, 0.717) is 6.54 Å². The Kier molecular flexibility index (Phi) is 4.28. The lowest BCUT2D eigenvalue weighted by Gasteiger charge is -2.20. The van der Waals surface area contributed by atoms with Crippen LogP contribution in [0.3, 0.4) is 0 Å². The zero-order valence-corrected chi connectivity index (χ0v) is 9.18. The fraction of sp³-hybridized carbons (Fsp3) is 0.778. The first-order chi connectivity index (χ1) is 6.59. The molecule has 1 aliphatic heterocycles. The maximum absolute atomic E-state index is 11.4. The van der Waals surface area contributed by atoms with Crippen molar-refractivity contribution < 1.29 is 9.53 Å². The summed E-state index contributed by atoms with van der Waals surface area (Å²) >= 11 is 4.67. The van der Waals surface area contributed by atoms with E-state index in [-0.39, 0.29) is 23.4 Å². The number of likely N-dealkylation sites (N-methyl/N-ethyl adjacent to an activating group) is 1. The fourth-order valence-electron chi connectivity index (χ4n) is 1.48. The zero-order valence-electron chi connectivity index (χ0n) is 8.36. The highest BCUT2D eigenvalue weighted by atomic mass is 32.1. The molecule has 1 aliphatic rings.